The van der Waals surface area contributed by atoms with E-state index in [1.54, 1.807) is 6.07 Å². The van der Waals surface area contributed by atoms with Crippen molar-refractivity contribution < 1.29 is 23.0 Å². The average Bonchev–Trinajstić information content (AvgIpc) is 2.95. The van der Waals surface area contributed by atoms with Crippen molar-refractivity contribution in [2.45, 2.75) is 12.3 Å². The van der Waals surface area contributed by atoms with Crippen LogP contribution in [0.15, 0.2) is 6.07 Å². The minimum atomic E-state index is -2.53. The lowest BCUT2D eigenvalue weighted by atomic mass is 10.1. The third-order valence-electron chi connectivity index (χ3n) is 4.56. The topological polar surface area (TPSA) is 51.7 Å². The summed E-state index contributed by atoms with van der Waals surface area (Å²) in [5.41, 5.74) is 1.05. The number of halogens is 2. The molecule has 1 aromatic heterocycles. The zero-order valence-corrected chi connectivity index (χ0v) is 11.4. The van der Waals surface area contributed by atoms with Crippen LogP contribution in [-0.2, 0) is 11.2 Å². The van der Waals surface area contributed by atoms with E-state index in [2.05, 4.69) is 9.72 Å². The first-order valence-corrected chi connectivity index (χ1v) is 6.90. The normalized spacial score (nSPS) is 27.9. The van der Waals surface area contributed by atoms with Gasteiger partial charge in [0.05, 0.1) is 25.6 Å². The molecule has 0 bridgehead atoms. The van der Waals surface area contributed by atoms with Gasteiger partial charge in [-0.05, 0) is 0 Å². The highest BCUT2D eigenvalue weighted by atomic mass is 19.3. The Morgan fingerprint density at radius 3 is 2.86 bits per heavy atom. The van der Waals surface area contributed by atoms with Crippen molar-refractivity contribution in [3.05, 3.63) is 17.3 Å². The zero-order valence-electron chi connectivity index (χ0n) is 11.4. The van der Waals surface area contributed by atoms with Crippen molar-refractivity contribution in [1.82, 2.24) is 4.98 Å². The molecule has 112 valence electrons. The molecule has 2 fully saturated rings. The highest BCUT2D eigenvalue weighted by molar-refractivity contribution is 5.88. The van der Waals surface area contributed by atoms with Gasteiger partial charge in [0, 0.05) is 31.1 Å². The molecule has 2 aliphatic heterocycles. The van der Waals surface area contributed by atoms with Gasteiger partial charge in [0.25, 0.3) is 5.92 Å². The first-order chi connectivity index (χ1) is 10.0. The summed E-state index contributed by atoms with van der Waals surface area (Å²) in [6, 6.07) is 1.56. The van der Waals surface area contributed by atoms with Crippen molar-refractivity contribution in [3.63, 3.8) is 0 Å². The standard InChI is InChI=1S/C14H14F2N2O3/c1-20-13(19)10-4-11-7(2-3-21-11)12(17-10)18-5-8-9(6-18)14(8,15)16/h4,8-9H,2-3,5-6H2,1H3. The number of piperidine rings is 1. The molecule has 4 rings (SSSR count). The molecule has 0 amide bonds. The van der Waals surface area contributed by atoms with E-state index in [0.29, 0.717) is 24.6 Å². The van der Waals surface area contributed by atoms with Gasteiger partial charge in [-0.1, -0.05) is 0 Å². The molecular weight excluding hydrogens is 282 g/mol. The van der Waals surface area contributed by atoms with E-state index in [1.165, 1.54) is 7.11 Å². The van der Waals surface area contributed by atoms with E-state index in [4.69, 9.17) is 4.74 Å². The summed E-state index contributed by atoms with van der Waals surface area (Å²) in [4.78, 5) is 17.8. The van der Waals surface area contributed by atoms with E-state index in [-0.39, 0.29) is 18.8 Å². The first kappa shape index (κ1) is 12.8. The Kier molecular flexibility index (Phi) is 2.47. The van der Waals surface area contributed by atoms with E-state index in [0.717, 1.165) is 5.56 Å². The number of hydrogen-bond acceptors (Lipinski definition) is 5. The Hall–Kier alpha value is -1.92. The van der Waals surface area contributed by atoms with Crippen LogP contribution in [0.4, 0.5) is 14.6 Å². The molecule has 0 aromatic carbocycles. The molecule has 2 atom stereocenters. The highest BCUT2D eigenvalue weighted by Crippen LogP contribution is 2.60. The van der Waals surface area contributed by atoms with E-state index >= 15 is 0 Å². The van der Waals surface area contributed by atoms with Gasteiger partial charge in [0.15, 0.2) is 5.69 Å². The van der Waals surface area contributed by atoms with Crippen molar-refractivity contribution in [1.29, 1.82) is 0 Å². The van der Waals surface area contributed by atoms with Gasteiger partial charge >= 0.3 is 5.97 Å². The maximum absolute atomic E-state index is 13.3. The van der Waals surface area contributed by atoms with Crippen LogP contribution < -0.4 is 9.64 Å². The molecular formula is C14H14F2N2O3. The number of anilines is 1. The van der Waals surface area contributed by atoms with Crippen LogP contribution in [-0.4, -0.2) is 43.7 Å². The third kappa shape index (κ3) is 1.72. The number of esters is 1. The number of carbonyl (C=O) groups excluding carboxylic acids is 1. The summed E-state index contributed by atoms with van der Waals surface area (Å²) in [6.45, 7) is 1.08. The summed E-state index contributed by atoms with van der Waals surface area (Å²) in [5.74, 6) is -3.06. The first-order valence-electron chi connectivity index (χ1n) is 6.90. The molecule has 0 radical (unpaired) electrons. The van der Waals surface area contributed by atoms with Gasteiger partial charge in [-0.25, -0.2) is 18.6 Å². The second-order valence-electron chi connectivity index (χ2n) is 5.69. The molecule has 0 spiro atoms. The number of hydrogen-bond donors (Lipinski definition) is 0. The Morgan fingerprint density at radius 1 is 1.48 bits per heavy atom. The number of rotatable bonds is 2. The van der Waals surface area contributed by atoms with Crippen LogP contribution in [0.5, 0.6) is 5.75 Å². The van der Waals surface area contributed by atoms with Gasteiger partial charge in [0.1, 0.15) is 11.6 Å². The summed E-state index contributed by atoms with van der Waals surface area (Å²) >= 11 is 0. The fraction of sp³-hybridized carbons (Fsp3) is 0.571. The molecule has 3 aliphatic rings. The lowest BCUT2D eigenvalue weighted by molar-refractivity contribution is 0.0593. The molecule has 1 aromatic rings. The maximum atomic E-state index is 13.3. The largest absolute Gasteiger partial charge is 0.493 e. The summed E-state index contributed by atoms with van der Waals surface area (Å²) < 4.78 is 36.8. The van der Waals surface area contributed by atoms with Crippen molar-refractivity contribution in [2.24, 2.45) is 11.8 Å². The number of methoxy groups -OCH3 is 1. The number of aromatic nitrogens is 1. The van der Waals surface area contributed by atoms with Crippen LogP contribution in [0.25, 0.3) is 0 Å². The van der Waals surface area contributed by atoms with Gasteiger partial charge in [-0.3, -0.25) is 0 Å². The lowest BCUT2D eigenvalue weighted by Crippen LogP contribution is -2.29. The van der Waals surface area contributed by atoms with Crippen LogP contribution in [0.1, 0.15) is 16.1 Å². The monoisotopic (exact) mass is 296 g/mol. The molecule has 1 saturated carbocycles. The number of alkyl halides is 2. The lowest BCUT2D eigenvalue weighted by Gasteiger charge is -2.23. The number of pyridine rings is 1. The van der Waals surface area contributed by atoms with Crippen molar-refractivity contribution >= 4 is 11.8 Å². The predicted molar refractivity (Wildman–Crippen MR) is 68.9 cm³/mol. The fourth-order valence-corrected chi connectivity index (χ4v) is 3.31. The van der Waals surface area contributed by atoms with E-state index in [1.807, 2.05) is 4.90 Å². The van der Waals surface area contributed by atoms with Crippen molar-refractivity contribution in [2.75, 3.05) is 31.7 Å². The molecule has 2 unspecified atom stereocenters. The van der Waals surface area contributed by atoms with Crippen LogP contribution in [0.2, 0.25) is 0 Å². The Morgan fingerprint density at radius 2 is 2.19 bits per heavy atom. The molecule has 1 saturated heterocycles. The number of ether oxygens (including phenoxy) is 2. The third-order valence-corrected chi connectivity index (χ3v) is 4.56. The fourth-order valence-electron chi connectivity index (χ4n) is 3.31. The Bertz CT molecular complexity index is 621. The minimum absolute atomic E-state index is 0.153. The molecule has 5 nitrogen and oxygen atoms in total. The summed E-state index contributed by atoms with van der Waals surface area (Å²) in [7, 11) is 1.28. The SMILES string of the molecule is COC(=O)c1cc2c(c(N3CC4C(C3)C4(F)F)n1)CCO2. The van der Waals surface area contributed by atoms with Gasteiger partial charge in [-0.15, -0.1) is 0 Å². The van der Waals surface area contributed by atoms with E-state index in [9.17, 15) is 13.6 Å². The van der Waals surface area contributed by atoms with Gasteiger partial charge in [0.2, 0.25) is 0 Å². The zero-order chi connectivity index (χ0) is 14.8. The number of nitrogens with zero attached hydrogens (tertiary/aromatic N) is 2. The van der Waals surface area contributed by atoms with Crippen molar-refractivity contribution in [3.8, 4) is 5.75 Å². The number of carbonyl (C=O) groups is 1. The van der Waals surface area contributed by atoms with Crippen LogP contribution in [0.3, 0.4) is 0 Å². The molecule has 7 heteroatoms. The minimum Gasteiger partial charge on any atom is -0.493 e. The quantitative estimate of drug-likeness (QED) is 0.774. The molecule has 3 heterocycles. The second kappa shape index (κ2) is 4.05. The molecule has 21 heavy (non-hydrogen) atoms. The average molecular weight is 296 g/mol. The summed E-state index contributed by atoms with van der Waals surface area (Å²) in [5, 5.41) is 0. The van der Waals surface area contributed by atoms with Crippen LogP contribution >= 0.6 is 0 Å². The molecule has 0 N–H and O–H groups in total. The predicted octanol–water partition coefficient (Wildman–Crippen LogP) is 1.50. The smallest absolute Gasteiger partial charge is 0.356 e. The Balaban J connectivity index is 1.69. The molecule has 1 aliphatic carbocycles. The van der Waals surface area contributed by atoms with Crippen LogP contribution in [0, 0.1) is 11.8 Å². The van der Waals surface area contributed by atoms with Gasteiger partial charge < -0.3 is 14.4 Å². The van der Waals surface area contributed by atoms with E-state index < -0.39 is 23.7 Å². The second-order valence-corrected chi connectivity index (χ2v) is 5.69. The maximum Gasteiger partial charge on any atom is 0.356 e. The Labute approximate surface area is 119 Å². The van der Waals surface area contributed by atoms with Gasteiger partial charge in [-0.2, -0.15) is 0 Å². The number of fused-ring (bicyclic) bond motifs is 2. The highest BCUT2D eigenvalue weighted by Gasteiger charge is 2.71. The summed E-state index contributed by atoms with van der Waals surface area (Å²) in [6.07, 6.45) is 0.682.